The van der Waals surface area contributed by atoms with Gasteiger partial charge in [-0.25, -0.2) is 0 Å². The van der Waals surface area contributed by atoms with Gasteiger partial charge in [0.15, 0.2) is 0 Å². The summed E-state index contributed by atoms with van der Waals surface area (Å²) in [6.45, 7) is 12.1. The van der Waals surface area contributed by atoms with Crippen LogP contribution in [0.4, 0.5) is 0 Å². The fourth-order valence-corrected chi connectivity index (χ4v) is 3.12. The van der Waals surface area contributed by atoms with E-state index in [1.807, 2.05) is 11.3 Å². The highest BCUT2D eigenvalue weighted by molar-refractivity contribution is 7.12. The summed E-state index contributed by atoms with van der Waals surface area (Å²) in [6.07, 6.45) is 0. The van der Waals surface area contributed by atoms with Gasteiger partial charge in [-0.3, -0.25) is 0 Å². The third kappa shape index (κ3) is 3.94. The van der Waals surface area contributed by atoms with Gasteiger partial charge < -0.3 is 5.32 Å². The van der Waals surface area contributed by atoms with Crippen LogP contribution in [0.5, 0.6) is 0 Å². The lowest BCUT2D eigenvalue weighted by Crippen LogP contribution is -2.17. The van der Waals surface area contributed by atoms with Gasteiger partial charge in [0.2, 0.25) is 0 Å². The summed E-state index contributed by atoms with van der Waals surface area (Å²) in [7, 11) is 0. The van der Waals surface area contributed by atoms with Crippen LogP contribution in [0.2, 0.25) is 0 Å². The zero-order valence-electron chi connectivity index (χ0n) is 13.2. The van der Waals surface area contributed by atoms with Crippen LogP contribution in [-0.4, -0.2) is 0 Å². The lowest BCUT2D eigenvalue weighted by Gasteiger charge is -2.16. The molecule has 0 aliphatic heterocycles. The van der Waals surface area contributed by atoms with Crippen LogP contribution in [0.3, 0.4) is 0 Å². The van der Waals surface area contributed by atoms with Crippen molar-refractivity contribution < 1.29 is 0 Å². The number of benzene rings is 1. The molecule has 20 heavy (non-hydrogen) atoms. The molecule has 0 spiro atoms. The minimum absolute atomic E-state index is 0.255. The lowest BCUT2D eigenvalue weighted by atomic mass is 9.95. The molecule has 1 N–H and O–H groups in total. The van der Waals surface area contributed by atoms with Crippen LogP contribution in [0, 0.1) is 6.92 Å². The molecule has 2 heteroatoms. The molecule has 0 fully saturated rings. The van der Waals surface area contributed by atoms with Gasteiger partial charge in [0, 0.05) is 22.3 Å². The fraction of sp³-hybridized carbons (Fsp3) is 0.444. The highest BCUT2D eigenvalue weighted by Crippen LogP contribution is 2.29. The van der Waals surface area contributed by atoms with Gasteiger partial charge >= 0.3 is 0 Å². The van der Waals surface area contributed by atoms with Crippen molar-refractivity contribution >= 4 is 11.3 Å². The topological polar surface area (TPSA) is 12.0 Å². The molecule has 0 aliphatic carbocycles. The standard InChI is InChI=1S/C18H25NS/c1-13-6-8-15(9-7-13)14(2)19-12-16-10-11-17(20-16)18(3,4)5/h6-11,14,19H,12H2,1-5H3/t14-/m0/s1. The average molecular weight is 287 g/mol. The van der Waals surface area contributed by atoms with Crippen LogP contribution >= 0.6 is 11.3 Å². The van der Waals surface area contributed by atoms with Crippen molar-refractivity contribution in [2.75, 3.05) is 0 Å². The maximum Gasteiger partial charge on any atom is 0.0305 e. The number of nitrogens with one attached hydrogen (secondary N) is 1. The predicted octanol–water partition coefficient (Wildman–Crippen LogP) is 5.20. The van der Waals surface area contributed by atoms with Gasteiger partial charge in [0.25, 0.3) is 0 Å². The quantitative estimate of drug-likeness (QED) is 0.814. The highest BCUT2D eigenvalue weighted by Gasteiger charge is 2.16. The Morgan fingerprint density at radius 3 is 2.25 bits per heavy atom. The molecule has 2 aromatic rings. The van der Waals surface area contributed by atoms with Crippen LogP contribution < -0.4 is 5.32 Å². The normalized spacial score (nSPS) is 13.4. The Hall–Kier alpha value is -1.12. The highest BCUT2D eigenvalue weighted by atomic mass is 32.1. The molecule has 1 aromatic carbocycles. The van der Waals surface area contributed by atoms with E-state index in [4.69, 9.17) is 0 Å². The molecule has 0 bridgehead atoms. The van der Waals surface area contributed by atoms with Crippen molar-refractivity contribution in [3.8, 4) is 0 Å². The first-order chi connectivity index (χ1) is 9.36. The van der Waals surface area contributed by atoms with Crippen molar-refractivity contribution in [3.05, 3.63) is 57.3 Å². The minimum Gasteiger partial charge on any atom is -0.305 e. The minimum atomic E-state index is 0.255. The average Bonchev–Trinajstić information content (AvgIpc) is 2.85. The Kier molecular flexibility index (Phi) is 4.66. The fourth-order valence-electron chi connectivity index (χ4n) is 2.10. The van der Waals surface area contributed by atoms with Crippen molar-refractivity contribution in [1.29, 1.82) is 0 Å². The van der Waals surface area contributed by atoms with E-state index in [0.717, 1.165) is 6.54 Å². The third-order valence-electron chi connectivity index (χ3n) is 3.56. The molecule has 0 saturated carbocycles. The van der Waals surface area contributed by atoms with Gasteiger partial charge in [0.1, 0.15) is 0 Å². The largest absolute Gasteiger partial charge is 0.305 e. The van der Waals surface area contributed by atoms with Crippen molar-refractivity contribution in [2.45, 2.75) is 52.6 Å². The lowest BCUT2D eigenvalue weighted by molar-refractivity contribution is 0.579. The number of aryl methyl sites for hydroxylation is 1. The molecular formula is C18H25NS. The monoisotopic (exact) mass is 287 g/mol. The van der Waals surface area contributed by atoms with Crippen molar-refractivity contribution in [1.82, 2.24) is 5.32 Å². The second kappa shape index (κ2) is 6.11. The third-order valence-corrected chi connectivity index (χ3v) is 5.07. The zero-order valence-corrected chi connectivity index (χ0v) is 14.0. The Bertz CT molecular complexity index is 546. The number of hydrogen-bond acceptors (Lipinski definition) is 2. The van der Waals surface area contributed by atoms with Gasteiger partial charge in [0.05, 0.1) is 0 Å². The first-order valence-electron chi connectivity index (χ1n) is 7.25. The maximum absolute atomic E-state index is 3.61. The molecular weight excluding hydrogens is 262 g/mol. The van der Waals surface area contributed by atoms with E-state index in [1.165, 1.54) is 20.9 Å². The molecule has 2 rings (SSSR count). The van der Waals surface area contributed by atoms with E-state index in [9.17, 15) is 0 Å². The Morgan fingerprint density at radius 2 is 1.70 bits per heavy atom. The number of thiophene rings is 1. The summed E-state index contributed by atoms with van der Waals surface area (Å²) < 4.78 is 0. The summed E-state index contributed by atoms with van der Waals surface area (Å²) in [5.41, 5.74) is 2.92. The van der Waals surface area contributed by atoms with Crippen LogP contribution in [-0.2, 0) is 12.0 Å². The molecule has 1 nitrogen and oxygen atoms in total. The molecule has 0 saturated heterocycles. The summed E-state index contributed by atoms with van der Waals surface area (Å²) in [5.74, 6) is 0. The van der Waals surface area contributed by atoms with Crippen molar-refractivity contribution in [3.63, 3.8) is 0 Å². The smallest absolute Gasteiger partial charge is 0.0305 e. The molecule has 0 unspecified atom stereocenters. The molecule has 1 heterocycles. The van der Waals surface area contributed by atoms with E-state index in [-0.39, 0.29) is 5.41 Å². The Labute approximate surface area is 127 Å². The van der Waals surface area contributed by atoms with Crippen LogP contribution in [0.25, 0.3) is 0 Å². The van der Waals surface area contributed by atoms with E-state index >= 15 is 0 Å². The zero-order chi connectivity index (χ0) is 14.8. The summed E-state index contributed by atoms with van der Waals surface area (Å²) >= 11 is 1.92. The first kappa shape index (κ1) is 15.3. The molecule has 0 amide bonds. The molecule has 0 aliphatic rings. The van der Waals surface area contributed by atoms with E-state index in [2.05, 4.69) is 76.3 Å². The van der Waals surface area contributed by atoms with Crippen LogP contribution in [0.15, 0.2) is 36.4 Å². The number of rotatable bonds is 4. The molecule has 1 atom stereocenters. The first-order valence-corrected chi connectivity index (χ1v) is 8.07. The second-order valence-electron chi connectivity index (χ2n) is 6.53. The van der Waals surface area contributed by atoms with E-state index in [1.54, 1.807) is 0 Å². The van der Waals surface area contributed by atoms with E-state index in [0.29, 0.717) is 6.04 Å². The van der Waals surface area contributed by atoms with Crippen LogP contribution in [0.1, 0.15) is 54.6 Å². The predicted molar refractivity (Wildman–Crippen MR) is 89.5 cm³/mol. The summed E-state index contributed by atoms with van der Waals surface area (Å²) in [5, 5.41) is 3.61. The summed E-state index contributed by atoms with van der Waals surface area (Å²) in [6, 6.07) is 13.7. The number of hydrogen-bond donors (Lipinski definition) is 1. The van der Waals surface area contributed by atoms with Gasteiger partial charge in [-0.1, -0.05) is 50.6 Å². The maximum atomic E-state index is 3.61. The SMILES string of the molecule is Cc1ccc([C@H](C)NCc2ccc(C(C)(C)C)s2)cc1. The van der Waals surface area contributed by atoms with Gasteiger partial charge in [-0.2, -0.15) is 0 Å². The second-order valence-corrected chi connectivity index (χ2v) is 7.70. The Balaban J connectivity index is 1.95. The van der Waals surface area contributed by atoms with Gasteiger partial charge in [-0.05, 0) is 37.0 Å². The molecule has 108 valence electrons. The molecule has 0 radical (unpaired) electrons. The molecule has 1 aromatic heterocycles. The van der Waals surface area contributed by atoms with E-state index < -0.39 is 0 Å². The van der Waals surface area contributed by atoms with Crippen molar-refractivity contribution in [2.24, 2.45) is 0 Å². The van der Waals surface area contributed by atoms with Gasteiger partial charge in [-0.15, -0.1) is 11.3 Å². The Morgan fingerprint density at radius 1 is 1.05 bits per heavy atom. The summed E-state index contributed by atoms with van der Waals surface area (Å²) in [4.78, 5) is 2.87.